The van der Waals surface area contributed by atoms with Gasteiger partial charge in [-0.05, 0) is 44.7 Å². The third-order valence-electron chi connectivity index (χ3n) is 6.18. The number of carbonyl (C=O) groups is 3. The predicted molar refractivity (Wildman–Crippen MR) is 124 cm³/mol. The van der Waals surface area contributed by atoms with E-state index in [1.54, 1.807) is 17.0 Å². The third-order valence-corrected chi connectivity index (χ3v) is 7.73. The molecule has 2 rings (SSSR count). The van der Waals surface area contributed by atoms with E-state index in [4.69, 9.17) is 4.74 Å². The maximum absolute atomic E-state index is 12.8. The molecule has 1 aliphatic heterocycles. The molecule has 33 heavy (non-hydrogen) atoms. The average Bonchev–Trinajstić information content (AvgIpc) is 2.80. The van der Waals surface area contributed by atoms with Crippen LogP contribution >= 0.6 is 0 Å². The van der Waals surface area contributed by atoms with E-state index in [9.17, 15) is 22.8 Å². The highest BCUT2D eigenvalue weighted by atomic mass is 32.2. The van der Waals surface area contributed by atoms with E-state index < -0.39 is 28.1 Å². The molecule has 1 heterocycles. The second kappa shape index (κ2) is 11.6. The molecule has 184 valence electrons. The topological polar surface area (TPSA) is 122 Å². The number of methoxy groups -OCH3 is 1. The quantitative estimate of drug-likeness (QED) is 0.517. The summed E-state index contributed by atoms with van der Waals surface area (Å²) in [6.45, 7) is 7.85. The number of amides is 2. The Hall–Kier alpha value is -2.46. The van der Waals surface area contributed by atoms with Gasteiger partial charge in [-0.1, -0.05) is 38.0 Å². The van der Waals surface area contributed by atoms with E-state index in [-0.39, 0.29) is 28.5 Å². The fourth-order valence-corrected chi connectivity index (χ4v) is 4.97. The lowest BCUT2D eigenvalue weighted by molar-refractivity contribution is -0.147. The largest absolute Gasteiger partial charge is 0.467 e. The van der Waals surface area contributed by atoms with Crippen LogP contribution in [-0.2, 0) is 29.1 Å². The summed E-state index contributed by atoms with van der Waals surface area (Å²) in [6.07, 6.45) is 1.58. The van der Waals surface area contributed by atoms with E-state index in [2.05, 4.69) is 10.0 Å². The predicted octanol–water partition coefficient (Wildman–Crippen LogP) is 1.60. The Balaban J connectivity index is 1.92. The molecule has 0 radical (unpaired) electrons. The lowest BCUT2D eigenvalue weighted by atomic mass is 9.93. The van der Waals surface area contributed by atoms with Gasteiger partial charge in [0.25, 0.3) is 0 Å². The van der Waals surface area contributed by atoms with Crippen molar-refractivity contribution in [1.29, 1.82) is 0 Å². The number of aryl methyl sites for hydroxylation is 1. The van der Waals surface area contributed by atoms with Gasteiger partial charge in [0.05, 0.1) is 18.0 Å². The number of nitrogens with zero attached hydrogens (tertiary/aromatic N) is 1. The molecule has 1 aromatic rings. The van der Waals surface area contributed by atoms with Gasteiger partial charge in [-0.2, -0.15) is 4.72 Å². The molecule has 0 saturated carbocycles. The van der Waals surface area contributed by atoms with Gasteiger partial charge in [-0.3, -0.25) is 9.59 Å². The minimum atomic E-state index is -3.82. The number of ether oxygens (including phenoxy) is 1. The first kappa shape index (κ1) is 26.8. The van der Waals surface area contributed by atoms with Gasteiger partial charge in [0.15, 0.2) is 0 Å². The molecule has 1 fully saturated rings. The highest BCUT2D eigenvalue weighted by molar-refractivity contribution is 7.89. The van der Waals surface area contributed by atoms with Crippen LogP contribution in [0.3, 0.4) is 0 Å². The number of nitrogens with one attached hydrogen (secondary N) is 2. The van der Waals surface area contributed by atoms with E-state index in [0.29, 0.717) is 32.4 Å². The number of piperidine rings is 1. The second-order valence-electron chi connectivity index (χ2n) is 8.65. The first-order valence-corrected chi connectivity index (χ1v) is 12.7. The van der Waals surface area contributed by atoms with Crippen molar-refractivity contribution in [3.8, 4) is 0 Å². The van der Waals surface area contributed by atoms with Gasteiger partial charge < -0.3 is 15.0 Å². The van der Waals surface area contributed by atoms with Crippen molar-refractivity contribution in [2.45, 2.75) is 63.9 Å². The lowest BCUT2D eigenvalue weighted by Gasteiger charge is -2.34. The highest BCUT2D eigenvalue weighted by Gasteiger charge is 2.34. The SMILES string of the molecule is CCC(C)C(NC(=O)C1CCN(C(=O)C(C)NS(=O)(=O)c2ccc(C)cc2)CC1)C(=O)OC. The van der Waals surface area contributed by atoms with E-state index >= 15 is 0 Å². The standard InChI is InChI=1S/C23H35N3O6S/c1-6-16(3)20(23(29)32-5)24-21(27)18-11-13-26(14-12-18)22(28)17(4)25-33(30,31)19-9-7-15(2)8-10-19/h7-10,16-18,20,25H,6,11-14H2,1-5H3,(H,24,27). The van der Waals surface area contributed by atoms with Crippen LogP contribution in [0.1, 0.15) is 45.6 Å². The molecule has 9 nitrogen and oxygen atoms in total. The highest BCUT2D eigenvalue weighted by Crippen LogP contribution is 2.20. The molecule has 10 heteroatoms. The monoisotopic (exact) mass is 481 g/mol. The van der Waals surface area contributed by atoms with Crippen LogP contribution < -0.4 is 10.0 Å². The molecule has 2 amide bonds. The zero-order valence-corrected chi connectivity index (χ0v) is 20.8. The van der Waals surface area contributed by atoms with E-state index in [1.165, 1.54) is 26.2 Å². The van der Waals surface area contributed by atoms with Crippen LogP contribution in [0.5, 0.6) is 0 Å². The number of likely N-dealkylation sites (tertiary alicyclic amines) is 1. The Kier molecular flexibility index (Phi) is 9.42. The summed E-state index contributed by atoms with van der Waals surface area (Å²) in [5.74, 6) is -1.43. The fourth-order valence-electron chi connectivity index (χ4n) is 3.77. The molecule has 0 aliphatic carbocycles. The molecule has 1 aliphatic rings. The van der Waals surface area contributed by atoms with E-state index in [1.807, 2.05) is 20.8 Å². The second-order valence-corrected chi connectivity index (χ2v) is 10.4. The molecular weight excluding hydrogens is 446 g/mol. The molecule has 1 aromatic carbocycles. The van der Waals surface area contributed by atoms with Crippen molar-refractivity contribution in [2.75, 3.05) is 20.2 Å². The number of benzene rings is 1. The lowest BCUT2D eigenvalue weighted by Crippen LogP contribution is -2.52. The minimum Gasteiger partial charge on any atom is -0.467 e. The number of hydrogen-bond acceptors (Lipinski definition) is 6. The van der Waals surface area contributed by atoms with Gasteiger partial charge in [0, 0.05) is 19.0 Å². The van der Waals surface area contributed by atoms with Crippen molar-refractivity contribution in [3.63, 3.8) is 0 Å². The van der Waals surface area contributed by atoms with Crippen LogP contribution in [0, 0.1) is 18.8 Å². The van der Waals surface area contributed by atoms with Crippen molar-refractivity contribution in [1.82, 2.24) is 14.9 Å². The minimum absolute atomic E-state index is 0.0644. The number of sulfonamides is 1. The number of hydrogen-bond donors (Lipinski definition) is 2. The number of carbonyl (C=O) groups excluding carboxylic acids is 3. The summed E-state index contributed by atoms with van der Waals surface area (Å²) >= 11 is 0. The normalized spacial score (nSPS) is 17.7. The van der Waals surface area contributed by atoms with Gasteiger partial charge in [-0.25, -0.2) is 13.2 Å². The summed E-state index contributed by atoms with van der Waals surface area (Å²) in [6, 6.07) is 4.75. The summed E-state index contributed by atoms with van der Waals surface area (Å²) in [7, 11) is -2.53. The Labute approximate surface area is 196 Å². The van der Waals surface area contributed by atoms with Crippen molar-refractivity contribution in [2.24, 2.45) is 11.8 Å². The smallest absolute Gasteiger partial charge is 0.328 e. The maximum Gasteiger partial charge on any atom is 0.328 e. The van der Waals surface area contributed by atoms with Crippen LogP contribution in [0.2, 0.25) is 0 Å². The van der Waals surface area contributed by atoms with Crippen molar-refractivity contribution < 1.29 is 27.5 Å². The van der Waals surface area contributed by atoms with Gasteiger partial charge in [0.1, 0.15) is 6.04 Å². The van der Waals surface area contributed by atoms with Gasteiger partial charge in [0.2, 0.25) is 21.8 Å². The first-order valence-electron chi connectivity index (χ1n) is 11.3. The first-order chi connectivity index (χ1) is 15.5. The zero-order valence-electron chi connectivity index (χ0n) is 20.0. The maximum atomic E-state index is 12.8. The van der Waals surface area contributed by atoms with Crippen molar-refractivity contribution >= 4 is 27.8 Å². The molecule has 3 unspecified atom stereocenters. The number of rotatable bonds is 9. The molecule has 2 N–H and O–H groups in total. The molecule has 0 aromatic heterocycles. The van der Waals surface area contributed by atoms with Crippen LogP contribution in [-0.4, -0.2) is 63.4 Å². The number of esters is 1. The molecule has 3 atom stereocenters. The molecule has 0 bridgehead atoms. The zero-order chi connectivity index (χ0) is 24.8. The summed E-state index contributed by atoms with van der Waals surface area (Å²) in [5.41, 5.74) is 0.937. The Morgan fingerprint density at radius 2 is 1.70 bits per heavy atom. The summed E-state index contributed by atoms with van der Waals surface area (Å²) < 4.78 is 32.4. The third kappa shape index (κ3) is 7.01. The molecule has 0 spiro atoms. The molecular formula is C23H35N3O6S. The summed E-state index contributed by atoms with van der Waals surface area (Å²) in [4.78, 5) is 39.2. The van der Waals surface area contributed by atoms with E-state index in [0.717, 1.165) is 5.56 Å². The van der Waals surface area contributed by atoms with Crippen LogP contribution in [0.4, 0.5) is 0 Å². The Morgan fingerprint density at radius 3 is 2.21 bits per heavy atom. The Bertz CT molecular complexity index is 939. The summed E-state index contributed by atoms with van der Waals surface area (Å²) in [5, 5.41) is 2.80. The average molecular weight is 482 g/mol. The van der Waals surface area contributed by atoms with Crippen LogP contribution in [0.15, 0.2) is 29.2 Å². The van der Waals surface area contributed by atoms with Gasteiger partial charge in [-0.15, -0.1) is 0 Å². The fraction of sp³-hybridized carbons (Fsp3) is 0.609. The van der Waals surface area contributed by atoms with Crippen LogP contribution in [0.25, 0.3) is 0 Å². The molecule has 1 saturated heterocycles. The Morgan fingerprint density at radius 1 is 1.12 bits per heavy atom. The van der Waals surface area contributed by atoms with Gasteiger partial charge >= 0.3 is 5.97 Å². The van der Waals surface area contributed by atoms with Crippen molar-refractivity contribution in [3.05, 3.63) is 29.8 Å².